The lowest BCUT2D eigenvalue weighted by atomic mass is 10.3. The highest BCUT2D eigenvalue weighted by molar-refractivity contribution is 5.82. The van der Waals surface area contributed by atoms with E-state index in [0.29, 0.717) is 0 Å². The maximum atomic E-state index is 10.6. The maximum absolute atomic E-state index is 10.6. The highest BCUT2D eigenvalue weighted by atomic mass is 16.5. The third kappa shape index (κ3) is 2.28. The molecule has 0 bridgehead atoms. The fourth-order valence-corrected chi connectivity index (χ4v) is 0.674. The van der Waals surface area contributed by atoms with Crippen LogP contribution in [-0.4, -0.2) is 13.1 Å². The van der Waals surface area contributed by atoms with E-state index in [1.165, 1.54) is 13.2 Å². The van der Waals surface area contributed by atoms with Crippen LogP contribution in [0.15, 0.2) is 41.7 Å². The third-order valence-corrected chi connectivity index (χ3v) is 1.22. The van der Waals surface area contributed by atoms with Crippen LogP contribution in [-0.2, 0) is 9.53 Å². The lowest BCUT2D eigenvalue weighted by molar-refractivity contribution is -0.134. The molecule has 2 heteroatoms. The van der Waals surface area contributed by atoms with Gasteiger partial charge in [0.25, 0.3) is 0 Å². The summed E-state index contributed by atoms with van der Waals surface area (Å²) >= 11 is 0. The van der Waals surface area contributed by atoms with Crippen LogP contribution in [0.25, 0.3) is 0 Å². The van der Waals surface area contributed by atoms with E-state index < -0.39 is 0 Å². The summed E-state index contributed by atoms with van der Waals surface area (Å²) in [7, 11) is 1.35. The molecule has 1 rings (SSSR count). The van der Waals surface area contributed by atoms with Crippen molar-refractivity contribution in [2.45, 2.75) is 0 Å². The summed E-state index contributed by atoms with van der Waals surface area (Å²) in [5.41, 5.74) is 3.81. The summed E-state index contributed by atoms with van der Waals surface area (Å²) in [4.78, 5) is 10.6. The van der Waals surface area contributed by atoms with Gasteiger partial charge in [0.2, 0.25) is 0 Å². The Labute approximate surface area is 65.2 Å². The molecule has 0 fully saturated rings. The first kappa shape index (κ1) is 7.58. The summed E-state index contributed by atoms with van der Waals surface area (Å²) in [5.74, 6) is -0.348. The van der Waals surface area contributed by atoms with E-state index in [0.717, 1.165) is 5.57 Å². The predicted molar refractivity (Wildman–Crippen MR) is 41.9 cm³/mol. The molecule has 0 N–H and O–H groups in total. The first-order valence-electron chi connectivity index (χ1n) is 3.22. The van der Waals surface area contributed by atoms with Crippen molar-refractivity contribution in [1.29, 1.82) is 0 Å². The molecule has 0 aromatic carbocycles. The molecule has 0 radical (unpaired) electrons. The Bertz CT molecular complexity index is 276. The standard InChI is InChI=1S/C9H8O2/c1-11-9(10)7-6-8-4-2-3-5-8/h2-4,6-7H,1H3/b7-6+. The predicted octanol–water partition coefficient (Wildman–Crippen LogP) is 1.37. The number of methoxy groups -OCH3 is 1. The molecule has 56 valence electrons. The molecule has 0 unspecified atom stereocenters. The summed E-state index contributed by atoms with van der Waals surface area (Å²) in [6, 6.07) is 0. The lowest BCUT2D eigenvalue weighted by Crippen LogP contribution is -1.93. The Hall–Kier alpha value is -1.53. The average molecular weight is 148 g/mol. The highest BCUT2D eigenvalue weighted by Crippen LogP contribution is 2.02. The molecule has 0 heterocycles. The number of hydrogen-bond donors (Lipinski definition) is 0. The van der Waals surface area contributed by atoms with Gasteiger partial charge in [-0.3, -0.25) is 0 Å². The molecule has 0 saturated heterocycles. The van der Waals surface area contributed by atoms with Gasteiger partial charge in [0.1, 0.15) is 0 Å². The Morgan fingerprint density at radius 2 is 2.55 bits per heavy atom. The topological polar surface area (TPSA) is 26.3 Å². The fourth-order valence-electron chi connectivity index (χ4n) is 0.674. The van der Waals surface area contributed by atoms with Gasteiger partial charge in [-0.1, -0.05) is 6.08 Å². The van der Waals surface area contributed by atoms with Crippen LogP contribution in [0.1, 0.15) is 0 Å². The molecule has 0 aromatic heterocycles. The van der Waals surface area contributed by atoms with Gasteiger partial charge in [-0.25, -0.2) is 4.79 Å². The van der Waals surface area contributed by atoms with E-state index in [1.54, 1.807) is 12.2 Å². The average Bonchev–Trinajstić information content (AvgIpc) is 2.52. The van der Waals surface area contributed by atoms with Crippen molar-refractivity contribution in [2.24, 2.45) is 0 Å². The normalized spacial score (nSPS) is 14.1. The molecule has 11 heavy (non-hydrogen) atoms. The van der Waals surface area contributed by atoms with Gasteiger partial charge in [-0.2, -0.15) is 0 Å². The van der Waals surface area contributed by atoms with Crippen LogP contribution in [0.3, 0.4) is 0 Å². The molecular weight excluding hydrogens is 140 g/mol. The maximum Gasteiger partial charge on any atom is 0.330 e. The van der Waals surface area contributed by atoms with Gasteiger partial charge < -0.3 is 4.74 Å². The van der Waals surface area contributed by atoms with Crippen LogP contribution < -0.4 is 0 Å². The van der Waals surface area contributed by atoms with E-state index >= 15 is 0 Å². The fraction of sp³-hybridized carbons (Fsp3) is 0.111. The van der Waals surface area contributed by atoms with Crippen LogP contribution in [0, 0.1) is 0 Å². The number of allylic oxidation sites excluding steroid dienone is 4. The van der Waals surface area contributed by atoms with Crippen molar-refractivity contribution in [3.05, 3.63) is 41.7 Å². The number of esters is 1. The number of carbonyl (C=O) groups excluding carboxylic acids is 1. The number of hydrogen-bond acceptors (Lipinski definition) is 2. The molecular formula is C9H8O2. The summed E-state index contributed by atoms with van der Waals surface area (Å²) in [5, 5.41) is 0. The highest BCUT2D eigenvalue weighted by Gasteiger charge is 1.91. The molecule has 0 saturated carbocycles. The second-order valence-corrected chi connectivity index (χ2v) is 1.98. The van der Waals surface area contributed by atoms with Crippen molar-refractivity contribution in [3.63, 3.8) is 0 Å². The second kappa shape index (κ2) is 3.59. The Morgan fingerprint density at radius 3 is 3.09 bits per heavy atom. The van der Waals surface area contributed by atoms with Crippen LogP contribution in [0.2, 0.25) is 0 Å². The smallest absolute Gasteiger partial charge is 0.330 e. The van der Waals surface area contributed by atoms with Gasteiger partial charge in [0.15, 0.2) is 0 Å². The monoisotopic (exact) mass is 148 g/mol. The van der Waals surface area contributed by atoms with Gasteiger partial charge in [-0.15, -0.1) is 5.73 Å². The molecule has 1 aliphatic rings. The molecule has 0 amide bonds. The van der Waals surface area contributed by atoms with Gasteiger partial charge in [0.05, 0.1) is 7.11 Å². The molecule has 0 aliphatic heterocycles. The minimum Gasteiger partial charge on any atom is -0.466 e. The van der Waals surface area contributed by atoms with Crippen molar-refractivity contribution >= 4 is 5.97 Å². The van der Waals surface area contributed by atoms with E-state index in [4.69, 9.17) is 0 Å². The number of ether oxygens (including phenoxy) is 1. The zero-order chi connectivity index (χ0) is 8.10. The molecule has 1 aliphatic carbocycles. The largest absolute Gasteiger partial charge is 0.466 e. The van der Waals surface area contributed by atoms with Crippen molar-refractivity contribution in [3.8, 4) is 0 Å². The molecule has 0 aromatic rings. The summed E-state index contributed by atoms with van der Waals surface area (Å²) < 4.78 is 4.41. The molecule has 2 nitrogen and oxygen atoms in total. The molecule has 0 atom stereocenters. The quantitative estimate of drug-likeness (QED) is 0.336. The minimum atomic E-state index is -0.348. The second-order valence-electron chi connectivity index (χ2n) is 1.98. The van der Waals surface area contributed by atoms with Gasteiger partial charge >= 0.3 is 5.97 Å². The first-order valence-corrected chi connectivity index (χ1v) is 3.22. The van der Waals surface area contributed by atoms with E-state index in [1.807, 2.05) is 12.2 Å². The zero-order valence-electron chi connectivity index (χ0n) is 6.20. The Balaban J connectivity index is 2.55. The minimum absolute atomic E-state index is 0.348. The van der Waals surface area contributed by atoms with E-state index in [9.17, 15) is 4.79 Å². The van der Waals surface area contributed by atoms with Crippen LogP contribution in [0.4, 0.5) is 0 Å². The van der Waals surface area contributed by atoms with E-state index in [-0.39, 0.29) is 5.97 Å². The molecule has 0 spiro atoms. The van der Waals surface area contributed by atoms with Crippen molar-refractivity contribution in [1.82, 2.24) is 0 Å². The lowest BCUT2D eigenvalue weighted by Gasteiger charge is -1.87. The number of carbonyl (C=O) groups is 1. The Kier molecular flexibility index (Phi) is 2.47. The number of rotatable bonds is 2. The van der Waals surface area contributed by atoms with Gasteiger partial charge in [0, 0.05) is 11.6 Å². The Morgan fingerprint density at radius 1 is 1.73 bits per heavy atom. The zero-order valence-corrected chi connectivity index (χ0v) is 6.20. The van der Waals surface area contributed by atoms with Crippen LogP contribution >= 0.6 is 0 Å². The van der Waals surface area contributed by atoms with Gasteiger partial charge in [-0.05, 0) is 18.2 Å². The van der Waals surface area contributed by atoms with Crippen LogP contribution in [0.5, 0.6) is 0 Å². The van der Waals surface area contributed by atoms with E-state index in [2.05, 4.69) is 10.5 Å². The summed E-state index contributed by atoms with van der Waals surface area (Å²) in [6.07, 6.45) is 8.53. The first-order chi connectivity index (χ1) is 5.33. The third-order valence-electron chi connectivity index (χ3n) is 1.22. The van der Waals surface area contributed by atoms with Crippen molar-refractivity contribution < 1.29 is 9.53 Å². The SMILES string of the molecule is COC(=O)/C=C/C1=C=CC=C1. The van der Waals surface area contributed by atoms with Crippen molar-refractivity contribution in [2.75, 3.05) is 7.11 Å². The summed E-state index contributed by atoms with van der Waals surface area (Å²) in [6.45, 7) is 0.